The number of halogens is 1. The lowest BCUT2D eigenvalue weighted by atomic mass is 9.98. The van der Waals surface area contributed by atoms with Crippen molar-refractivity contribution in [3.05, 3.63) is 0 Å². The third kappa shape index (κ3) is 2.63. The monoisotopic (exact) mass is 263 g/mol. The van der Waals surface area contributed by atoms with E-state index >= 15 is 0 Å². The highest BCUT2D eigenvalue weighted by atomic mass is 79.9. The third-order valence-electron chi connectivity index (χ3n) is 3.06. The molecule has 2 fully saturated rings. The molecule has 2 aliphatic rings. The van der Waals surface area contributed by atoms with E-state index in [2.05, 4.69) is 39.5 Å². The van der Waals surface area contributed by atoms with Gasteiger partial charge >= 0.3 is 0 Å². The molecule has 0 spiro atoms. The number of piperidine rings is 1. The summed E-state index contributed by atoms with van der Waals surface area (Å²) < 4.78 is 0. The molecule has 13 heavy (non-hydrogen) atoms. The van der Waals surface area contributed by atoms with E-state index in [0.717, 1.165) is 16.8 Å². The molecule has 2 saturated heterocycles. The van der Waals surface area contributed by atoms with E-state index in [4.69, 9.17) is 0 Å². The van der Waals surface area contributed by atoms with Crippen LogP contribution in [0.2, 0.25) is 0 Å². The summed E-state index contributed by atoms with van der Waals surface area (Å²) in [5, 5.41) is 0. The highest BCUT2D eigenvalue weighted by Crippen LogP contribution is 2.28. The number of thioether (sulfide) groups is 1. The lowest BCUT2D eigenvalue weighted by Crippen LogP contribution is -2.46. The van der Waals surface area contributed by atoms with Crippen molar-refractivity contribution in [1.29, 1.82) is 0 Å². The van der Waals surface area contributed by atoms with Gasteiger partial charge in [-0.3, -0.25) is 4.90 Å². The zero-order valence-electron chi connectivity index (χ0n) is 8.21. The summed E-state index contributed by atoms with van der Waals surface area (Å²) in [5.74, 6) is 3.62. The van der Waals surface area contributed by atoms with Gasteiger partial charge in [0.1, 0.15) is 0 Å². The predicted molar refractivity (Wildman–Crippen MR) is 63.8 cm³/mol. The maximum Gasteiger partial charge on any atom is 0.0276 e. The topological polar surface area (TPSA) is 3.24 Å². The van der Waals surface area contributed by atoms with Crippen molar-refractivity contribution < 1.29 is 0 Å². The van der Waals surface area contributed by atoms with Gasteiger partial charge in [-0.2, -0.15) is 11.8 Å². The molecule has 0 amide bonds. The third-order valence-corrected chi connectivity index (χ3v) is 4.87. The molecule has 2 heterocycles. The Bertz CT molecular complexity index is 160. The van der Waals surface area contributed by atoms with Crippen LogP contribution in [0.15, 0.2) is 0 Å². The molecular weight excluding hydrogens is 246 g/mol. The molecule has 3 unspecified atom stereocenters. The van der Waals surface area contributed by atoms with E-state index in [-0.39, 0.29) is 0 Å². The Morgan fingerprint density at radius 2 is 2.23 bits per heavy atom. The van der Waals surface area contributed by atoms with Gasteiger partial charge in [0.15, 0.2) is 0 Å². The van der Waals surface area contributed by atoms with E-state index < -0.39 is 0 Å². The Labute approximate surface area is 93.8 Å². The molecule has 0 aromatic carbocycles. The van der Waals surface area contributed by atoms with E-state index in [9.17, 15) is 0 Å². The molecule has 0 radical (unpaired) electrons. The quantitative estimate of drug-likeness (QED) is 0.670. The molecule has 0 saturated carbocycles. The highest BCUT2D eigenvalue weighted by Gasteiger charge is 2.29. The molecule has 0 aromatic rings. The van der Waals surface area contributed by atoms with Crippen molar-refractivity contribution in [2.45, 2.75) is 30.6 Å². The van der Waals surface area contributed by atoms with Gasteiger partial charge in [-0.1, -0.05) is 22.9 Å². The number of alkyl halides is 1. The zero-order valence-corrected chi connectivity index (χ0v) is 10.6. The van der Waals surface area contributed by atoms with Crippen LogP contribution in [0.25, 0.3) is 0 Å². The number of rotatable bonds is 1. The minimum absolute atomic E-state index is 0.738. The van der Waals surface area contributed by atoms with E-state index in [0.29, 0.717) is 0 Å². The lowest BCUT2D eigenvalue weighted by Gasteiger charge is -2.37. The van der Waals surface area contributed by atoms with Crippen LogP contribution in [0, 0.1) is 5.92 Å². The molecule has 2 aliphatic heterocycles. The number of likely N-dealkylation sites (tertiary alicyclic amines) is 1. The van der Waals surface area contributed by atoms with Crippen molar-refractivity contribution in [3.63, 3.8) is 0 Å². The summed E-state index contributed by atoms with van der Waals surface area (Å²) >= 11 is 5.89. The van der Waals surface area contributed by atoms with Crippen LogP contribution in [0.3, 0.4) is 0 Å². The largest absolute Gasteiger partial charge is 0.298 e. The van der Waals surface area contributed by atoms with Crippen LogP contribution >= 0.6 is 27.7 Å². The number of nitrogens with zero attached hydrogens (tertiary/aromatic N) is 1. The van der Waals surface area contributed by atoms with Gasteiger partial charge in [0.2, 0.25) is 0 Å². The first kappa shape index (κ1) is 10.3. The second-order valence-electron chi connectivity index (χ2n) is 4.41. The normalized spacial score (nSPS) is 42.5. The van der Waals surface area contributed by atoms with Gasteiger partial charge in [-0.05, 0) is 24.5 Å². The Hall–Kier alpha value is 0.790. The summed E-state index contributed by atoms with van der Waals surface area (Å²) in [6.07, 6.45) is 2.77. The Kier molecular flexibility index (Phi) is 3.60. The molecule has 0 bridgehead atoms. The average Bonchev–Trinajstić information content (AvgIpc) is 2.53. The summed E-state index contributed by atoms with van der Waals surface area (Å²) in [6.45, 7) is 4.98. The summed E-state index contributed by atoms with van der Waals surface area (Å²) in [4.78, 5) is 3.44. The van der Waals surface area contributed by atoms with Crippen molar-refractivity contribution in [2.24, 2.45) is 5.92 Å². The molecule has 2 rings (SSSR count). The van der Waals surface area contributed by atoms with Gasteiger partial charge in [0.25, 0.3) is 0 Å². The minimum atomic E-state index is 0.738. The van der Waals surface area contributed by atoms with Gasteiger partial charge in [-0.15, -0.1) is 0 Å². The van der Waals surface area contributed by atoms with Crippen molar-refractivity contribution in [3.8, 4) is 0 Å². The van der Waals surface area contributed by atoms with Gasteiger partial charge in [0, 0.05) is 29.7 Å². The summed E-state index contributed by atoms with van der Waals surface area (Å²) in [7, 11) is 0. The van der Waals surface area contributed by atoms with Crippen LogP contribution in [0.4, 0.5) is 0 Å². The molecule has 0 N–H and O–H groups in total. The smallest absolute Gasteiger partial charge is 0.0276 e. The van der Waals surface area contributed by atoms with Crippen LogP contribution in [0.5, 0.6) is 0 Å². The van der Waals surface area contributed by atoms with Gasteiger partial charge in [-0.25, -0.2) is 0 Å². The first-order valence-corrected chi connectivity index (χ1v) is 7.28. The fraction of sp³-hybridized carbons (Fsp3) is 1.00. The average molecular weight is 264 g/mol. The number of hydrogen-bond acceptors (Lipinski definition) is 2. The van der Waals surface area contributed by atoms with Crippen LogP contribution in [0.1, 0.15) is 19.8 Å². The van der Waals surface area contributed by atoms with E-state index in [1.54, 1.807) is 0 Å². The second kappa shape index (κ2) is 4.54. The maximum absolute atomic E-state index is 3.77. The maximum atomic E-state index is 3.77. The molecule has 0 aromatic heterocycles. The van der Waals surface area contributed by atoms with E-state index in [1.807, 2.05) is 0 Å². The first-order chi connectivity index (χ1) is 6.25. The van der Waals surface area contributed by atoms with Crippen molar-refractivity contribution >= 4 is 27.7 Å². The minimum Gasteiger partial charge on any atom is -0.298 e. The molecule has 76 valence electrons. The van der Waals surface area contributed by atoms with Crippen molar-refractivity contribution in [1.82, 2.24) is 4.90 Å². The molecule has 0 aliphatic carbocycles. The fourth-order valence-corrected chi connectivity index (χ4v) is 4.69. The van der Waals surface area contributed by atoms with Crippen LogP contribution < -0.4 is 0 Å². The molecule has 3 atom stereocenters. The Morgan fingerprint density at radius 1 is 1.38 bits per heavy atom. The second-order valence-corrected chi connectivity index (χ2v) is 6.85. The van der Waals surface area contributed by atoms with Crippen LogP contribution in [-0.2, 0) is 0 Å². The van der Waals surface area contributed by atoms with Crippen LogP contribution in [-0.4, -0.2) is 40.4 Å². The highest BCUT2D eigenvalue weighted by molar-refractivity contribution is 9.09. The molecular formula is C10H18BrNS. The van der Waals surface area contributed by atoms with Gasteiger partial charge < -0.3 is 0 Å². The predicted octanol–water partition coefficient (Wildman–Crippen LogP) is 2.60. The standard InChI is InChI=1S/C10H18BrNS/c1-8-4-9(11)6-12(5-8)10-2-3-13-7-10/h8-10H,2-7H2,1H3. The molecule has 3 heteroatoms. The first-order valence-electron chi connectivity index (χ1n) is 5.21. The molecule has 1 nitrogen and oxygen atoms in total. The Morgan fingerprint density at radius 3 is 2.85 bits per heavy atom. The fourth-order valence-electron chi connectivity index (χ4n) is 2.42. The lowest BCUT2D eigenvalue weighted by molar-refractivity contribution is 0.147. The number of hydrogen-bond donors (Lipinski definition) is 0. The van der Waals surface area contributed by atoms with E-state index in [1.165, 1.54) is 37.4 Å². The summed E-state index contributed by atoms with van der Waals surface area (Å²) in [6, 6.07) is 0.882. The summed E-state index contributed by atoms with van der Waals surface area (Å²) in [5.41, 5.74) is 0. The Balaban J connectivity index is 1.90. The van der Waals surface area contributed by atoms with Gasteiger partial charge in [0.05, 0.1) is 0 Å². The van der Waals surface area contributed by atoms with Crippen molar-refractivity contribution in [2.75, 3.05) is 24.6 Å². The zero-order chi connectivity index (χ0) is 9.26. The SMILES string of the molecule is CC1CC(Br)CN(C2CCSC2)C1.